The third kappa shape index (κ3) is 5.95. The van der Waals surface area contributed by atoms with Gasteiger partial charge in [-0.2, -0.15) is 13.5 Å². The smallest absolute Gasteiger partial charge is 0.333 e. The number of benzene rings is 1. The highest BCUT2D eigenvalue weighted by atomic mass is 32.2. The summed E-state index contributed by atoms with van der Waals surface area (Å²) in [7, 11) is -4.13. The van der Waals surface area contributed by atoms with Gasteiger partial charge in [-0.15, -0.1) is 0 Å². The van der Waals surface area contributed by atoms with Gasteiger partial charge in [0.1, 0.15) is 17.8 Å². The lowest BCUT2D eigenvalue weighted by molar-refractivity contribution is 0.100. The molecule has 2 aromatic heterocycles. The molecule has 1 aliphatic rings. The molecule has 10 nitrogen and oxygen atoms in total. The number of hydrogen-bond donors (Lipinski definition) is 2. The van der Waals surface area contributed by atoms with E-state index in [-0.39, 0.29) is 23.8 Å². The first kappa shape index (κ1) is 25.9. The molecule has 1 fully saturated rings. The average molecular weight is 526 g/mol. The molecule has 3 N–H and O–H groups in total. The van der Waals surface area contributed by atoms with E-state index >= 15 is 0 Å². The first-order valence-electron chi connectivity index (χ1n) is 10.9. The molecule has 3 atom stereocenters. The lowest BCUT2D eigenvalue weighted by Crippen LogP contribution is -2.24. The van der Waals surface area contributed by atoms with Crippen LogP contribution in [-0.2, 0) is 27.5 Å². The summed E-state index contributed by atoms with van der Waals surface area (Å²) in [6.45, 7) is -0.682. The standard InChI is InChI=1S/C22H22F3N5O5S/c23-16-1-2-17(24)21(25)15(16)9-30-4-3-18(29-30)22(32)14-8-27-11-28-19(14)6-12-5-13(20(31)7-12)10-35-36(26,33)34/h1-4,8,11-13,20,31H,5-7,9-10H2,(H2,26,33,34)/t12-,13+,20-/m0/s1. The number of halogens is 3. The van der Waals surface area contributed by atoms with Gasteiger partial charge in [0, 0.05) is 23.9 Å². The Morgan fingerprint density at radius 1 is 1.19 bits per heavy atom. The highest BCUT2D eigenvalue weighted by Gasteiger charge is 2.35. The second kappa shape index (κ2) is 10.4. The molecule has 0 spiro atoms. The zero-order chi connectivity index (χ0) is 26.0. The number of hydrogen-bond acceptors (Lipinski definition) is 8. The molecule has 1 aliphatic carbocycles. The lowest BCUT2D eigenvalue weighted by atomic mass is 9.96. The molecule has 0 bridgehead atoms. The quantitative estimate of drug-likeness (QED) is 0.315. The van der Waals surface area contributed by atoms with E-state index in [2.05, 4.69) is 19.2 Å². The van der Waals surface area contributed by atoms with E-state index in [1.807, 2.05) is 0 Å². The van der Waals surface area contributed by atoms with Crippen molar-refractivity contribution in [1.29, 1.82) is 0 Å². The molecule has 4 rings (SSSR count). The van der Waals surface area contributed by atoms with Crippen LogP contribution in [0.15, 0.2) is 36.9 Å². The number of nitrogens with two attached hydrogens (primary N) is 1. The molecular formula is C22H22F3N5O5S. The zero-order valence-electron chi connectivity index (χ0n) is 18.7. The normalized spacial score (nSPS) is 20.1. The molecule has 0 amide bonds. The molecule has 3 aromatic rings. The summed E-state index contributed by atoms with van der Waals surface area (Å²) in [5, 5.41) is 19.2. The fourth-order valence-corrected chi connectivity index (χ4v) is 4.67. The maximum Gasteiger partial charge on any atom is 0.333 e. The summed E-state index contributed by atoms with van der Waals surface area (Å²) in [5.74, 6) is -4.57. The highest BCUT2D eigenvalue weighted by Crippen LogP contribution is 2.34. The third-order valence-electron chi connectivity index (χ3n) is 6.06. The molecule has 0 radical (unpaired) electrons. The van der Waals surface area contributed by atoms with Crippen LogP contribution in [0.1, 0.15) is 40.2 Å². The van der Waals surface area contributed by atoms with Crippen molar-refractivity contribution in [3.8, 4) is 0 Å². The number of aliphatic hydroxyl groups is 1. The van der Waals surface area contributed by atoms with Crippen molar-refractivity contribution in [3.63, 3.8) is 0 Å². The van der Waals surface area contributed by atoms with Crippen LogP contribution in [0.2, 0.25) is 0 Å². The van der Waals surface area contributed by atoms with E-state index in [1.165, 1.54) is 24.8 Å². The van der Waals surface area contributed by atoms with Crippen LogP contribution < -0.4 is 5.14 Å². The maximum absolute atomic E-state index is 14.0. The van der Waals surface area contributed by atoms with Gasteiger partial charge in [-0.3, -0.25) is 13.7 Å². The summed E-state index contributed by atoms with van der Waals surface area (Å²) >= 11 is 0. The number of carbonyl (C=O) groups excluding carboxylic acids is 1. The van der Waals surface area contributed by atoms with Gasteiger partial charge in [-0.05, 0) is 43.4 Å². The summed E-state index contributed by atoms with van der Waals surface area (Å²) in [6.07, 6.45) is 4.19. The molecule has 1 saturated carbocycles. The van der Waals surface area contributed by atoms with Crippen LogP contribution in [0.5, 0.6) is 0 Å². The Hall–Kier alpha value is -3.20. The van der Waals surface area contributed by atoms with E-state index in [0.717, 1.165) is 10.7 Å². The van der Waals surface area contributed by atoms with Crippen LogP contribution in [0.4, 0.5) is 13.2 Å². The van der Waals surface area contributed by atoms with Crippen LogP contribution in [-0.4, -0.2) is 51.8 Å². The summed E-state index contributed by atoms with van der Waals surface area (Å²) in [4.78, 5) is 21.2. The Balaban J connectivity index is 1.47. The number of ketones is 1. The average Bonchev–Trinajstić information content (AvgIpc) is 3.43. The molecule has 0 unspecified atom stereocenters. The Kier molecular flexibility index (Phi) is 7.49. The molecular weight excluding hydrogens is 503 g/mol. The topological polar surface area (TPSA) is 150 Å². The predicted octanol–water partition coefficient (Wildman–Crippen LogP) is 1.52. The monoisotopic (exact) mass is 525 g/mol. The molecule has 14 heteroatoms. The summed E-state index contributed by atoms with van der Waals surface area (Å²) in [5.41, 5.74) is -0.00248. The molecule has 0 aliphatic heterocycles. The largest absolute Gasteiger partial charge is 0.393 e. The molecule has 36 heavy (non-hydrogen) atoms. The van der Waals surface area contributed by atoms with Crippen molar-refractivity contribution in [2.24, 2.45) is 17.0 Å². The van der Waals surface area contributed by atoms with Gasteiger partial charge in [0.2, 0.25) is 5.78 Å². The SMILES string of the molecule is NS(=O)(=O)OC[C@H]1C[C@@H](Cc2ncncc2C(=O)c2ccn(Cc3c(F)ccc(F)c3F)n2)C[C@@H]1O. The van der Waals surface area contributed by atoms with E-state index < -0.39 is 57.7 Å². The molecule has 0 saturated heterocycles. The van der Waals surface area contributed by atoms with Crippen LogP contribution in [0, 0.1) is 29.3 Å². The minimum atomic E-state index is -4.13. The van der Waals surface area contributed by atoms with Crippen LogP contribution in [0.25, 0.3) is 0 Å². The Bertz CT molecular complexity index is 1380. The fraction of sp³-hybridized carbons (Fsp3) is 0.364. The van der Waals surface area contributed by atoms with Gasteiger partial charge in [0.25, 0.3) is 0 Å². The van der Waals surface area contributed by atoms with Gasteiger partial charge >= 0.3 is 10.3 Å². The van der Waals surface area contributed by atoms with Crippen LogP contribution >= 0.6 is 0 Å². The zero-order valence-corrected chi connectivity index (χ0v) is 19.5. The number of aromatic nitrogens is 4. The van der Waals surface area contributed by atoms with Crippen molar-refractivity contribution in [3.05, 3.63) is 76.9 Å². The van der Waals surface area contributed by atoms with E-state index in [0.29, 0.717) is 31.0 Å². The minimum absolute atomic E-state index is 0.0332. The summed E-state index contributed by atoms with van der Waals surface area (Å²) in [6, 6.07) is 2.85. The van der Waals surface area contributed by atoms with E-state index in [9.17, 15) is 31.5 Å². The lowest BCUT2D eigenvalue weighted by Gasteiger charge is -2.13. The van der Waals surface area contributed by atoms with Gasteiger partial charge in [-0.1, -0.05) is 0 Å². The number of rotatable bonds is 9. The second-order valence-electron chi connectivity index (χ2n) is 8.58. The molecule has 1 aromatic carbocycles. The van der Waals surface area contributed by atoms with Crippen molar-refractivity contribution >= 4 is 16.1 Å². The number of aliphatic hydroxyl groups excluding tert-OH is 1. The third-order valence-corrected chi connectivity index (χ3v) is 6.52. The number of carbonyl (C=O) groups is 1. The number of nitrogens with zero attached hydrogens (tertiary/aromatic N) is 4. The predicted molar refractivity (Wildman–Crippen MR) is 118 cm³/mol. The van der Waals surface area contributed by atoms with Gasteiger partial charge in [0.15, 0.2) is 11.6 Å². The Labute approximate surface area is 204 Å². The van der Waals surface area contributed by atoms with Gasteiger partial charge < -0.3 is 5.11 Å². The van der Waals surface area contributed by atoms with Crippen molar-refractivity contribution in [1.82, 2.24) is 19.7 Å². The molecule has 2 heterocycles. The first-order valence-corrected chi connectivity index (χ1v) is 12.3. The first-order chi connectivity index (χ1) is 17.0. The maximum atomic E-state index is 14.0. The van der Waals surface area contributed by atoms with Gasteiger partial charge in [-0.25, -0.2) is 28.3 Å². The van der Waals surface area contributed by atoms with Crippen LogP contribution in [0.3, 0.4) is 0 Å². The fourth-order valence-electron chi connectivity index (χ4n) is 4.31. The van der Waals surface area contributed by atoms with E-state index in [4.69, 9.17) is 5.14 Å². The Morgan fingerprint density at radius 2 is 1.94 bits per heavy atom. The van der Waals surface area contributed by atoms with E-state index in [1.54, 1.807) is 0 Å². The Morgan fingerprint density at radius 3 is 2.69 bits per heavy atom. The van der Waals surface area contributed by atoms with Crippen molar-refractivity contribution < 1.29 is 35.7 Å². The minimum Gasteiger partial charge on any atom is -0.393 e. The second-order valence-corrected chi connectivity index (χ2v) is 9.80. The molecule has 192 valence electrons. The van der Waals surface area contributed by atoms with Gasteiger partial charge in [0.05, 0.1) is 30.5 Å². The van der Waals surface area contributed by atoms with Crippen molar-refractivity contribution in [2.75, 3.05) is 6.61 Å². The highest BCUT2D eigenvalue weighted by molar-refractivity contribution is 7.84. The summed E-state index contributed by atoms with van der Waals surface area (Å²) < 4.78 is 69.2. The van der Waals surface area contributed by atoms with Crippen molar-refractivity contribution in [2.45, 2.75) is 31.9 Å².